The Kier molecular flexibility index (Phi) is 10.4. The van der Waals surface area contributed by atoms with Gasteiger partial charge in [0.15, 0.2) is 5.96 Å². The number of hydrogen-bond donors (Lipinski definition) is 2. The number of guanidine groups is 1. The molecule has 0 bridgehead atoms. The van der Waals surface area contributed by atoms with Crippen molar-refractivity contribution in [2.45, 2.75) is 58.9 Å². The summed E-state index contributed by atoms with van der Waals surface area (Å²) >= 11 is 1.75. The second-order valence-corrected chi connectivity index (χ2v) is 7.89. The summed E-state index contributed by atoms with van der Waals surface area (Å²) in [4.78, 5) is 24.4. The van der Waals surface area contributed by atoms with E-state index in [-0.39, 0.29) is 29.9 Å². The summed E-state index contributed by atoms with van der Waals surface area (Å²) in [6, 6.07) is 0.379. The van der Waals surface area contributed by atoms with E-state index in [1.165, 1.54) is 11.3 Å². The minimum Gasteiger partial charge on any atom is -0.356 e. The fourth-order valence-corrected chi connectivity index (χ4v) is 3.99. The van der Waals surface area contributed by atoms with Crippen LogP contribution >= 0.6 is 35.3 Å². The van der Waals surface area contributed by atoms with Gasteiger partial charge in [0.2, 0.25) is 5.91 Å². The Morgan fingerprint density at radius 2 is 2.04 bits per heavy atom. The molecule has 0 aromatic carbocycles. The zero-order valence-electron chi connectivity index (χ0n) is 16.3. The number of aryl methyl sites for hydroxylation is 2. The number of carbonyl (C=O) groups is 1. The maximum absolute atomic E-state index is 12.3. The van der Waals surface area contributed by atoms with Crippen LogP contribution in [0.15, 0.2) is 4.99 Å². The Bertz CT molecular complexity index is 585. The number of hydrogen-bond acceptors (Lipinski definition) is 4. The molecule has 0 spiro atoms. The second kappa shape index (κ2) is 11.7. The first-order chi connectivity index (χ1) is 12.0. The van der Waals surface area contributed by atoms with Crippen molar-refractivity contribution in [2.75, 3.05) is 26.7 Å². The molecule has 1 aliphatic heterocycles. The molecule has 2 rings (SSSR count). The maximum Gasteiger partial charge on any atom is 0.224 e. The molecule has 1 atom stereocenters. The van der Waals surface area contributed by atoms with Crippen LogP contribution < -0.4 is 10.6 Å². The number of nitrogens with one attached hydrogen (secondary N) is 2. The molecule has 8 heteroatoms. The number of aliphatic imine (C=N–C) groups is 1. The second-order valence-electron chi connectivity index (χ2n) is 6.61. The van der Waals surface area contributed by atoms with E-state index < -0.39 is 0 Å². The number of rotatable bonds is 6. The molecule has 26 heavy (non-hydrogen) atoms. The molecule has 1 aromatic rings. The van der Waals surface area contributed by atoms with Gasteiger partial charge in [-0.15, -0.1) is 35.3 Å². The van der Waals surface area contributed by atoms with Crippen molar-refractivity contribution in [1.29, 1.82) is 0 Å². The number of nitrogens with zero attached hydrogens (tertiary/aromatic N) is 3. The standard InChI is InChI=1S/C18H31N5OS.HI/c1-13-7-5-6-12-23(13)17(24)9-11-21-18(19-4)20-10-8-16-22-14(2)15(3)25-16;/h13H,5-12H2,1-4H3,(H2,19,20,21);1H. The zero-order valence-corrected chi connectivity index (χ0v) is 19.4. The third-order valence-electron chi connectivity index (χ3n) is 4.68. The van der Waals surface area contributed by atoms with Crippen molar-refractivity contribution in [2.24, 2.45) is 4.99 Å². The Labute approximate surface area is 178 Å². The van der Waals surface area contributed by atoms with Crippen LogP contribution in [0, 0.1) is 13.8 Å². The van der Waals surface area contributed by atoms with Gasteiger partial charge in [-0.2, -0.15) is 0 Å². The molecule has 1 amide bonds. The van der Waals surface area contributed by atoms with Crippen molar-refractivity contribution >= 4 is 47.2 Å². The van der Waals surface area contributed by atoms with Gasteiger partial charge in [-0.05, 0) is 40.0 Å². The van der Waals surface area contributed by atoms with Crippen LogP contribution in [0.4, 0.5) is 0 Å². The van der Waals surface area contributed by atoms with Crippen LogP contribution in [-0.4, -0.2) is 54.5 Å². The van der Waals surface area contributed by atoms with Gasteiger partial charge in [0.25, 0.3) is 0 Å². The van der Waals surface area contributed by atoms with E-state index in [2.05, 4.69) is 34.5 Å². The molecule has 2 heterocycles. The van der Waals surface area contributed by atoms with Crippen molar-refractivity contribution < 1.29 is 4.79 Å². The summed E-state index contributed by atoms with van der Waals surface area (Å²) in [5.41, 5.74) is 1.12. The fourth-order valence-electron chi connectivity index (χ4n) is 3.05. The van der Waals surface area contributed by atoms with Crippen LogP contribution in [0.25, 0.3) is 0 Å². The molecular weight excluding hydrogens is 461 g/mol. The highest BCUT2D eigenvalue weighted by molar-refractivity contribution is 14.0. The molecule has 0 aliphatic carbocycles. The van der Waals surface area contributed by atoms with Gasteiger partial charge in [-0.1, -0.05) is 0 Å². The quantitative estimate of drug-likeness (QED) is 0.363. The number of thiazole rings is 1. The highest BCUT2D eigenvalue weighted by Gasteiger charge is 2.22. The summed E-state index contributed by atoms with van der Waals surface area (Å²) in [6.45, 7) is 8.58. The molecule has 148 valence electrons. The Morgan fingerprint density at radius 3 is 2.65 bits per heavy atom. The van der Waals surface area contributed by atoms with Gasteiger partial charge >= 0.3 is 0 Å². The Balaban J connectivity index is 0.00000338. The van der Waals surface area contributed by atoms with Gasteiger partial charge in [0.1, 0.15) is 0 Å². The van der Waals surface area contributed by atoms with E-state index in [4.69, 9.17) is 0 Å². The normalized spacial score (nSPS) is 17.6. The maximum atomic E-state index is 12.3. The smallest absolute Gasteiger partial charge is 0.224 e. The third kappa shape index (κ3) is 7.02. The highest BCUT2D eigenvalue weighted by Crippen LogP contribution is 2.17. The van der Waals surface area contributed by atoms with Gasteiger partial charge in [-0.3, -0.25) is 9.79 Å². The van der Waals surface area contributed by atoms with E-state index in [9.17, 15) is 4.79 Å². The molecule has 0 saturated carbocycles. The molecule has 1 saturated heterocycles. The minimum absolute atomic E-state index is 0. The Hall–Kier alpha value is -0.900. The lowest BCUT2D eigenvalue weighted by Crippen LogP contribution is -2.44. The average molecular weight is 493 g/mol. The number of aromatic nitrogens is 1. The predicted molar refractivity (Wildman–Crippen MR) is 120 cm³/mol. The lowest BCUT2D eigenvalue weighted by molar-refractivity contribution is -0.134. The summed E-state index contributed by atoms with van der Waals surface area (Å²) in [5, 5.41) is 7.67. The molecule has 1 fully saturated rings. The van der Waals surface area contributed by atoms with Gasteiger partial charge in [0.05, 0.1) is 10.7 Å². The number of carbonyl (C=O) groups excluding carboxylic acids is 1. The van der Waals surface area contributed by atoms with Crippen LogP contribution in [0.1, 0.15) is 48.2 Å². The SMILES string of the molecule is CN=C(NCCC(=O)N1CCCCC1C)NCCc1nc(C)c(C)s1.I. The van der Waals surface area contributed by atoms with Crippen molar-refractivity contribution in [1.82, 2.24) is 20.5 Å². The van der Waals surface area contributed by atoms with Gasteiger partial charge in [0, 0.05) is 50.4 Å². The predicted octanol–water partition coefficient (Wildman–Crippen LogP) is 2.88. The average Bonchev–Trinajstić information content (AvgIpc) is 2.91. The lowest BCUT2D eigenvalue weighted by atomic mass is 10.0. The van der Waals surface area contributed by atoms with Crippen LogP contribution in [0.5, 0.6) is 0 Å². The fraction of sp³-hybridized carbons (Fsp3) is 0.722. The summed E-state index contributed by atoms with van der Waals surface area (Å²) in [7, 11) is 1.75. The molecule has 2 N–H and O–H groups in total. The summed E-state index contributed by atoms with van der Waals surface area (Å²) < 4.78 is 0. The van der Waals surface area contributed by atoms with Crippen molar-refractivity contribution in [3.05, 3.63) is 15.6 Å². The first-order valence-corrected chi connectivity index (χ1v) is 9.99. The molecule has 1 aromatic heterocycles. The molecule has 6 nitrogen and oxygen atoms in total. The number of likely N-dealkylation sites (tertiary alicyclic amines) is 1. The largest absolute Gasteiger partial charge is 0.356 e. The summed E-state index contributed by atoms with van der Waals surface area (Å²) in [6.07, 6.45) is 4.87. The van der Waals surface area contributed by atoms with Crippen LogP contribution in [-0.2, 0) is 11.2 Å². The minimum atomic E-state index is 0. The first-order valence-electron chi connectivity index (χ1n) is 9.18. The first kappa shape index (κ1) is 23.1. The monoisotopic (exact) mass is 493 g/mol. The third-order valence-corrected chi connectivity index (χ3v) is 5.82. The molecule has 0 radical (unpaired) electrons. The van der Waals surface area contributed by atoms with Gasteiger partial charge in [-0.25, -0.2) is 4.98 Å². The molecular formula is C18H32IN5OS. The van der Waals surface area contributed by atoms with Crippen molar-refractivity contribution in [3.8, 4) is 0 Å². The van der Waals surface area contributed by atoms with Crippen LogP contribution in [0.3, 0.4) is 0 Å². The number of piperidine rings is 1. The van der Waals surface area contributed by atoms with E-state index in [1.54, 1.807) is 18.4 Å². The van der Waals surface area contributed by atoms with Gasteiger partial charge < -0.3 is 15.5 Å². The topological polar surface area (TPSA) is 69.6 Å². The van der Waals surface area contributed by atoms with Crippen LogP contribution in [0.2, 0.25) is 0 Å². The molecule has 1 unspecified atom stereocenters. The van der Waals surface area contributed by atoms with E-state index in [1.807, 2.05) is 11.8 Å². The highest BCUT2D eigenvalue weighted by atomic mass is 127. The molecule has 1 aliphatic rings. The number of halogens is 1. The zero-order chi connectivity index (χ0) is 18.2. The summed E-state index contributed by atoms with van der Waals surface area (Å²) in [5.74, 6) is 0.980. The van der Waals surface area contributed by atoms with E-state index >= 15 is 0 Å². The van der Waals surface area contributed by atoms with E-state index in [0.717, 1.165) is 49.0 Å². The Morgan fingerprint density at radius 1 is 1.31 bits per heavy atom. The lowest BCUT2D eigenvalue weighted by Gasteiger charge is -2.33. The van der Waals surface area contributed by atoms with E-state index in [0.29, 0.717) is 19.0 Å². The number of amides is 1. The van der Waals surface area contributed by atoms with Crippen molar-refractivity contribution in [3.63, 3.8) is 0 Å².